The van der Waals surface area contributed by atoms with Gasteiger partial charge >= 0.3 is 5.97 Å². The van der Waals surface area contributed by atoms with Gasteiger partial charge in [-0.1, -0.05) is 0 Å². The average molecular weight is 359 g/mol. The van der Waals surface area contributed by atoms with Gasteiger partial charge in [-0.15, -0.1) is 0 Å². The number of carbonyl (C=O) groups excluding carboxylic acids is 1. The van der Waals surface area contributed by atoms with Gasteiger partial charge in [0.1, 0.15) is 0 Å². The van der Waals surface area contributed by atoms with Crippen LogP contribution in [-0.2, 0) is 9.53 Å². The molecule has 0 aliphatic rings. The van der Waals surface area contributed by atoms with Gasteiger partial charge in [0.15, 0.2) is 0 Å². The summed E-state index contributed by atoms with van der Waals surface area (Å²) in [6, 6.07) is 0. The molecule has 0 amide bonds. The summed E-state index contributed by atoms with van der Waals surface area (Å²) in [5.74, 6) is -0.340. The maximum Gasteiger partial charge on any atom is 0.308 e. The molecule has 0 aromatic carbocycles. The maximum atomic E-state index is 10.5. The number of ether oxygens (including phenoxy) is 1. The first-order valence-corrected chi connectivity index (χ1v) is 3.00. The van der Waals surface area contributed by atoms with E-state index in [0.717, 1.165) is 0 Å². The zero-order valence-corrected chi connectivity index (χ0v) is 11.1. The van der Waals surface area contributed by atoms with Crippen molar-refractivity contribution in [3.05, 3.63) is 0 Å². The summed E-state index contributed by atoms with van der Waals surface area (Å²) < 4.78 is 4.55. The molecular formula is C6H12AcO3. The summed E-state index contributed by atoms with van der Waals surface area (Å²) in [6.07, 6.45) is -0.502. The minimum Gasteiger partial charge on any atom is -0.466 e. The van der Waals surface area contributed by atoms with Gasteiger partial charge < -0.3 is 9.84 Å². The van der Waals surface area contributed by atoms with Crippen molar-refractivity contribution in [1.82, 2.24) is 0 Å². The number of aliphatic hydroxyl groups excluding tert-OH is 1. The van der Waals surface area contributed by atoms with E-state index in [-0.39, 0.29) is 56.5 Å². The molecule has 1 N–H and O–H groups in total. The van der Waals surface area contributed by atoms with E-state index in [4.69, 9.17) is 5.11 Å². The van der Waals surface area contributed by atoms with Crippen LogP contribution < -0.4 is 0 Å². The molecule has 4 heteroatoms. The topological polar surface area (TPSA) is 46.5 Å². The maximum absolute atomic E-state index is 10.5. The molecule has 0 bridgehead atoms. The zero-order chi connectivity index (χ0) is 7.28. The first kappa shape index (κ1) is 13.5. The molecule has 0 aromatic rings. The number of aliphatic hydroxyl groups is 1. The van der Waals surface area contributed by atoms with Crippen LogP contribution in [0.2, 0.25) is 0 Å². The van der Waals surface area contributed by atoms with Crippen LogP contribution >= 0.6 is 0 Å². The van der Waals surface area contributed by atoms with Gasteiger partial charge in [0.25, 0.3) is 0 Å². The number of hydrogen-bond acceptors (Lipinski definition) is 3. The second-order valence-electron chi connectivity index (χ2n) is 1.86. The molecule has 0 aliphatic carbocycles. The minimum absolute atomic E-state index is 0. The predicted molar refractivity (Wildman–Crippen MR) is 32.9 cm³/mol. The van der Waals surface area contributed by atoms with Crippen LogP contribution in [0.3, 0.4) is 0 Å². The summed E-state index contributed by atoms with van der Waals surface area (Å²) in [7, 11) is 0. The van der Waals surface area contributed by atoms with E-state index in [0.29, 0.717) is 6.61 Å². The smallest absolute Gasteiger partial charge is 0.308 e. The summed E-state index contributed by atoms with van der Waals surface area (Å²) in [6.45, 7) is 3.67. The van der Waals surface area contributed by atoms with Gasteiger partial charge in [-0.3, -0.25) is 4.79 Å². The Hall–Kier alpha value is 0.872. The van der Waals surface area contributed by atoms with Crippen LogP contribution in [0.25, 0.3) is 0 Å². The third-order valence-corrected chi connectivity index (χ3v) is 0.767. The van der Waals surface area contributed by atoms with E-state index in [9.17, 15) is 4.79 Å². The first-order valence-electron chi connectivity index (χ1n) is 3.00. The fourth-order valence-corrected chi connectivity index (χ4v) is 0.461. The number of hydrogen-bond donors (Lipinski definition) is 1. The van der Waals surface area contributed by atoms with Crippen molar-refractivity contribution < 1.29 is 58.7 Å². The van der Waals surface area contributed by atoms with E-state index >= 15 is 0 Å². The van der Waals surface area contributed by atoms with Gasteiger partial charge in [0.05, 0.1) is 19.1 Å². The summed E-state index contributed by atoms with van der Waals surface area (Å²) in [5.41, 5.74) is 0. The number of carbonyl (C=O) groups is 1. The van der Waals surface area contributed by atoms with Crippen LogP contribution in [0.4, 0.5) is 0 Å². The van der Waals surface area contributed by atoms with Crippen molar-refractivity contribution in [3.8, 4) is 0 Å². The minimum atomic E-state index is -0.593. The van der Waals surface area contributed by atoms with E-state index < -0.39 is 6.10 Å². The Labute approximate surface area is 96.7 Å². The third kappa shape index (κ3) is 8.87. The fourth-order valence-electron chi connectivity index (χ4n) is 0.461. The predicted octanol–water partition coefficient (Wildman–Crippen LogP) is 0.320. The molecule has 1 unspecified atom stereocenters. The van der Waals surface area contributed by atoms with Gasteiger partial charge in [0.2, 0.25) is 0 Å². The molecule has 0 fully saturated rings. The van der Waals surface area contributed by atoms with Crippen molar-refractivity contribution in [2.24, 2.45) is 0 Å². The Morgan fingerprint density at radius 3 is 2.50 bits per heavy atom. The van der Waals surface area contributed by atoms with Crippen LogP contribution in [0.5, 0.6) is 0 Å². The fraction of sp³-hybridized carbons (Fsp3) is 0.833. The molecule has 0 heterocycles. The van der Waals surface area contributed by atoms with E-state index in [1.807, 2.05) is 0 Å². The number of esters is 1. The zero-order valence-electron chi connectivity index (χ0n) is 6.33. The molecule has 0 saturated carbocycles. The van der Waals surface area contributed by atoms with E-state index in [1.54, 1.807) is 13.8 Å². The SMILES string of the molecule is CCOC(=O)CC(C)O.[Ac]. The summed E-state index contributed by atoms with van der Waals surface area (Å²) in [4.78, 5) is 10.5. The molecule has 0 saturated heterocycles. The molecule has 57 valence electrons. The molecular weight excluding hydrogens is 347 g/mol. The van der Waals surface area contributed by atoms with Crippen molar-refractivity contribution in [2.75, 3.05) is 6.61 Å². The van der Waals surface area contributed by atoms with Crippen molar-refractivity contribution >= 4 is 5.97 Å². The molecule has 1 radical (unpaired) electrons. The Morgan fingerprint density at radius 1 is 1.70 bits per heavy atom. The quantitative estimate of drug-likeness (QED) is 0.739. The normalized spacial score (nSPS) is 11.5. The molecule has 0 spiro atoms. The summed E-state index contributed by atoms with van der Waals surface area (Å²) in [5, 5.41) is 8.65. The second-order valence-corrected chi connectivity index (χ2v) is 1.86. The largest absolute Gasteiger partial charge is 0.466 e. The third-order valence-electron chi connectivity index (χ3n) is 0.767. The average Bonchev–Trinajstić information content (AvgIpc) is 1.63. The Kier molecular flexibility index (Phi) is 10.7. The monoisotopic (exact) mass is 359 g/mol. The van der Waals surface area contributed by atoms with Gasteiger partial charge in [0, 0.05) is 44.1 Å². The molecule has 0 aromatic heterocycles. The molecule has 0 rings (SSSR count). The Bertz CT molecular complexity index is 93.0. The Balaban J connectivity index is 0. The number of rotatable bonds is 3. The molecule has 0 aliphatic heterocycles. The van der Waals surface area contributed by atoms with Crippen LogP contribution in [0, 0.1) is 44.1 Å². The Morgan fingerprint density at radius 2 is 2.20 bits per heavy atom. The van der Waals surface area contributed by atoms with Crippen LogP contribution in [0.1, 0.15) is 20.3 Å². The first-order chi connectivity index (χ1) is 4.16. The van der Waals surface area contributed by atoms with E-state index in [1.165, 1.54) is 0 Å². The standard InChI is InChI=1S/C6H12O3.Ac/c1-3-9-6(8)4-5(2)7;/h5,7H,3-4H2,1-2H3;. The van der Waals surface area contributed by atoms with Crippen LogP contribution in [0.15, 0.2) is 0 Å². The second kappa shape index (κ2) is 7.97. The van der Waals surface area contributed by atoms with E-state index in [2.05, 4.69) is 4.74 Å². The van der Waals surface area contributed by atoms with Crippen LogP contribution in [-0.4, -0.2) is 23.8 Å². The molecule has 3 nitrogen and oxygen atoms in total. The van der Waals surface area contributed by atoms with Gasteiger partial charge in [-0.2, -0.15) is 0 Å². The van der Waals surface area contributed by atoms with Gasteiger partial charge in [-0.25, -0.2) is 0 Å². The summed E-state index contributed by atoms with van der Waals surface area (Å²) >= 11 is 0. The van der Waals surface area contributed by atoms with Crippen molar-refractivity contribution in [2.45, 2.75) is 26.4 Å². The molecule has 1 atom stereocenters. The van der Waals surface area contributed by atoms with Crippen molar-refractivity contribution in [3.63, 3.8) is 0 Å². The van der Waals surface area contributed by atoms with Crippen molar-refractivity contribution in [1.29, 1.82) is 0 Å². The van der Waals surface area contributed by atoms with Gasteiger partial charge in [-0.05, 0) is 13.8 Å². The molecule has 10 heavy (non-hydrogen) atoms.